The molecule has 2 heterocycles. The second-order valence-electron chi connectivity index (χ2n) is 4.86. The smallest absolute Gasteiger partial charge is 0.270 e. The van der Waals surface area contributed by atoms with Crippen LogP contribution in [0.4, 0.5) is 5.69 Å². The van der Waals surface area contributed by atoms with Gasteiger partial charge in [0.2, 0.25) is 4.77 Å². The lowest BCUT2D eigenvalue weighted by Gasteiger charge is -1.97. The van der Waals surface area contributed by atoms with E-state index in [2.05, 4.69) is 15.3 Å². The molecular formula is C15H13N5O3S. The summed E-state index contributed by atoms with van der Waals surface area (Å²) in [5.74, 6) is 1.73. The fourth-order valence-electron chi connectivity index (χ4n) is 2.14. The molecule has 9 heteroatoms. The van der Waals surface area contributed by atoms with Crippen molar-refractivity contribution in [2.75, 3.05) is 0 Å². The number of aromatic amines is 1. The predicted octanol–water partition coefficient (Wildman–Crippen LogP) is 3.55. The van der Waals surface area contributed by atoms with Gasteiger partial charge in [-0.2, -0.15) is 14.9 Å². The summed E-state index contributed by atoms with van der Waals surface area (Å²) in [6.45, 7) is 1.95. The first-order valence-corrected chi connectivity index (χ1v) is 7.54. The quantitative estimate of drug-likeness (QED) is 0.330. The molecule has 0 unspecified atom stereocenters. The van der Waals surface area contributed by atoms with E-state index in [1.807, 2.05) is 6.92 Å². The minimum atomic E-state index is -0.443. The van der Waals surface area contributed by atoms with Gasteiger partial charge < -0.3 is 4.42 Å². The Morgan fingerprint density at radius 1 is 1.46 bits per heavy atom. The second kappa shape index (κ2) is 6.59. The van der Waals surface area contributed by atoms with Crippen molar-refractivity contribution >= 4 is 24.1 Å². The van der Waals surface area contributed by atoms with Gasteiger partial charge >= 0.3 is 0 Å². The molecule has 3 aromatic rings. The summed E-state index contributed by atoms with van der Waals surface area (Å²) in [4.78, 5) is 10.4. The molecule has 0 fully saturated rings. The van der Waals surface area contributed by atoms with Crippen molar-refractivity contribution in [3.8, 4) is 11.3 Å². The van der Waals surface area contributed by atoms with Crippen LogP contribution in [0.15, 0.2) is 45.9 Å². The van der Waals surface area contributed by atoms with Crippen molar-refractivity contribution in [2.24, 2.45) is 5.10 Å². The number of aromatic nitrogens is 3. The summed E-state index contributed by atoms with van der Waals surface area (Å²) in [6.07, 6.45) is 2.20. The SMILES string of the molecule is CCc1n[nH]c(=S)n1N=Cc1ccc(-c2cccc([N+](=O)[O-])c2)o1. The summed E-state index contributed by atoms with van der Waals surface area (Å²) in [7, 11) is 0. The zero-order chi connectivity index (χ0) is 17.1. The molecule has 0 atom stereocenters. The molecule has 2 aromatic heterocycles. The van der Waals surface area contributed by atoms with Crippen molar-refractivity contribution in [1.29, 1.82) is 0 Å². The Balaban J connectivity index is 1.87. The average molecular weight is 343 g/mol. The van der Waals surface area contributed by atoms with Crippen LogP contribution in [-0.4, -0.2) is 26.0 Å². The Hall–Kier alpha value is -3.07. The molecule has 8 nitrogen and oxygen atoms in total. The highest BCUT2D eigenvalue weighted by atomic mass is 32.1. The number of aryl methyl sites for hydroxylation is 1. The normalized spacial score (nSPS) is 11.2. The van der Waals surface area contributed by atoms with E-state index in [1.54, 1.807) is 24.3 Å². The average Bonchev–Trinajstić information content (AvgIpc) is 3.19. The van der Waals surface area contributed by atoms with E-state index in [0.29, 0.717) is 34.1 Å². The van der Waals surface area contributed by atoms with E-state index in [-0.39, 0.29) is 5.69 Å². The molecule has 3 rings (SSSR count). The summed E-state index contributed by atoms with van der Waals surface area (Å²) in [5.41, 5.74) is 0.634. The third-order valence-corrected chi connectivity index (χ3v) is 3.57. The molecule has 0 bridgehead atoms. The highest BCUT2D eigenvalue weighted by Gasteiger charge is 2.10. The molecule has 0 spiro atoms. The van der Waals surface area contributed by atoms with Gasteiger partial charge in [0.25, 0.3) is 5.69 Å². The van der Waals surface area contributed by atoms with Crippen LogP contribution in [0.1, 0.15) is 18.5 Å². The maximum absolute atomic E-state index is 10.8. The maximum atomic E-state index is 10.8. The van der Waals surface area contributed by atoms with E-state index in [1.165, 1.54) is 23.0 Å². The van der Waals surface area contributed by atoms with E-state index in [0.717, 1.165) is 0 Å². The molecule has 1 N–H and O–H groups in total. The number of furan rings is 1. The van der Waals surface area contributed by atoms with Crippen LogP contribution in [0.3, 0.4) is 0 Å². The third-order valence-electron chi connectivity index (χ3n) is 3.30. The Kier molecular flexibility index (Phi) is 4.34. The first kappa shape index (κ1) is 15.8. The molecule has 0 saturated carbocycles. The summed E-state index contributed by atoms with van der Waals surface area (Å²) in [6, 6.07) is 9.71. The molecule has 24 heavy (non-hydrogen) atoms. The molecule has 0 saturated heterocycles. The van der Waals surface area contributed by atoms with Crippen LogP contribution in [-0.2, 0) is 6.42 Å². The third kappa shape index (κ3) is 3.15. The van der Waals surface area contributed by atoms with Crippen molar-refractivity contribution in [3.05, 3.63) is 62.9 Å². The van der Waals surface area contributed by atoms with Gasteiger partial charge in [-0.1, -0.05) is 19.1 Å². The van der Waals surface area contributed by atoms with Crippen LogP contribution in [0, 0.1) is 14.9 Å². The Morgan fingerprint density at radius 3 is 3.04 bits per heavy atom. The van der Waals surface area contributed by atoms with Crippen LogP contribution in [0.5, 0.6) is 0 Å². The number of nitro groups is 1. The molecule has 1 aromatic carbocycles. The number of nitrogens with zero attached hydrogens (tertiary/aromatic N) is 4. The fourth-order valence-corrected chi connectivity index (χ4v) is 2.34. The standard InChI is InChI=1S/C15H13N5O3S/c1-2-14-17-18-15(24)19(14)16-9-12-6-7-13(23-12)10-4-3-5-11(8-10)20(21)22/h3-9H,2H2,1H3,(H,18,24). The zero-order valence-corrected chi connectivity index (χ0v) is 13.5. The number of benzene rings is 1. The molecule has 0 amide bonds. The lowest BCUT2D eigenvalue weighted by atomic mass is 10.1. The monoisotopic (exact) mass is 343 g/mol. The van der Waals surface area contributed by atoms with Crippen molar-refractivity contribution in [3.63, 3.8) is 0 Å². The van der Waals surface area contributed by atoms with Gasteiger partial charge in [-0.05, 0) is 24.4 Å². The number of nitrogens with one attached hydrogen (secondary N) is 1. The lowest BCUT2D eigenvalue weighted by Crippen LogP contribution is -1.96. The van der Waals surface area contributed by atoms with Gasteiger partial charge in [0.05, 0.1) is 11.1 Å². The van der Waals surface area contributed by atoms with Crippen LogP contribution < -0.4 is 0 Å². The number of H-pyrrole nitrogens is 1. The molecule has 0 radical (unpaired) electrons. The van der Waals surface area contributed by atoms with Crippen molar-refractivity contribution in [2.45, 2.75) is 13.3 Å². The summed E-state index contributed by atoms with van der Waals surface area (Å²) in [5, 5.41) is 21.8. The van der Waals surface area contributed by atoms with Crippen LogP contribution in [0.25, 0.3) is 11.3 Å². The maximum Gasteiger partial charge on any atom is 0.270 e. The largest absolute Gasteiger partial charge is 0.455 e. The number of nitro benzene ring substituents is 1. The molecule has 0 aliphatic heterocycles. The Morgan fingerprint density at radius 2 is 2.29 bits per heavy atom. The van der Waals surface area contributed by atoms with Gasteiger partial charge in [0.15, 0.2) is 5.82 Å². The second-order valence-corrected chi connectivity index (χ2v) is 5.25. The van der Waals surface area contributed by atoms with E-state index in [9.17, 15) is 10.1 Å². The minimum absolute atomic E-state index is 0.0106. The summed E-state index contributed by atoms with van der Waals surface area (Å²) >= 11 is 5.11. The first-order valence-electron chi connectivity index (χ1n) is 7.14. The van der Waals surface area contributed by atoms with Crippen LogP contribution in [0.2, 0.25) is 0 Å². The molecular weight excluding hydrogens is 330 g/mol. The Labute approximate surface area is 141 Å². The van der Waals surface area contributed by atoms with E-state index < -0.39 is 4.92 Å². The number of hydrogen-bond acceptors (Lipinski definition) is 6. The minimum Gasteiger partial charge on any atom is -0.455 e. The van der Waals surface area contributed by atoms with E-state index >= 15 is 0 Å². The predicted molar refractivity (Wildman–Crippen MR) is 90.6 cm³/mol. The van der Waals surface area contributed by atoms with Crippen molar-refractivity contribution < 1.29 is 9.34 Å². The van der Waals surface area contributed by atoms with Gasteiger partial charge in [0, 0.05) is 24.1 Å². The van der Waals surface area contributed by atoms with Crippen molar-refractivity contribution in [1.82, 2.24) is 14.9 Å². The Bertz CT molecular complexity index is 969. The van der Waals surface area contributed by atoms with Gasteiger partial charge in [-0.3, -0.25) is 15.2 Å². The number of non-ortho nitro benzene ring substituents is 1. The number of rotatable bonds is 5. The highest BCUT2D eigenvalue weighted by molar-refractivity contribution is 7.71. The number of hydrogen-bond donors (Lipinski definition) is 1. The topological polar surface area (TPSA) is 102 Å². The zero-order valence-electron chi connectivity index (χ0n) is 12.7. The fraction of sp³-hybridized carbons (Fsp3) is 0.133. The van der Waals surface area contributed by atoms with Crippen LogP contribution >= 0.6 is 12.2 Å². The lowest BCUT2D eigenvalue weighted by molar-refractivity contribution is -0.384. The molecule has 0 aliphatic rings. The molecule has 122 valence electrons. The van der Waals surface area contributed by atoms with E-state index in [4.69, 9.17) is 16.6 Å². The summed E-state index contributed by atoms with van der Waals surface area (Å²) < 4.78 is 7.58. The highest BCUT2D eigenvalue weighted by Crippen LogP contribution is 2.25. The first-order chi connectivity index (χ1) is 11.6. The van der Waals surface area contributed by atoms with Gasteiger partial charge in [-0.15, -0.1) is 0 Å². The van der Waals surface area contributed by atoms with Gasteiger partial charge in [0.1, 0.15) is 11.5 Å². The van der Waals surface area contributed by atoms with Gasteiger partial charge in [-0.25, -0.2) is 0 Å². The molecule has 0 aliphatic carbocycles.